The number of hydrogen-bond donors (Lipinski definition) is 0. The molecular weight excluding hydrogens is 267 g/mol. The molecule has 1 saturated carbocycles. The Morgan fingerprint density at radius 2 is 2.10 bits per heavy atom. The largest absolute Gasteiger partial charge is 0.383 e. The van der Waals surface area contributed by atoms with E-state index >= 15 is 0 Å². The van der Waals surface area contributed by atoms with Gasteiger partial charge < -0.3 is 4.90 Å². The van der Waals surface area contributed by atoms with Crippen molar-refractivity contribution < 1.29 is 9.18 Å². The van der Waals surface area contributed by atoms with E-state index in [1.165, 1.54) is 12.1 Å². The number of Topliss-reactive ketones (excluding diaryl/α,β-unsaturated/α-hetero) is 1. The molecule has 0 N–H and O–H groups in total. The minimum Gasteiger partial charge on any atom is -0.383 e. The fraction of sp³-hybridized carbons (Fsp3) is 0.412. The Hall–Kier alpha value is -2.15. The van der Waals surface area contributed by atoms with Gasteiger partial charge in [0.05, 0.1) is 5.56 Å². The lowest BCUT2D eigenvalue weighted by Crippen LogP contribution is -2.18. The van der Waals surface area contributed by atoms with E-state index in [-0.39, 0.29) is 17.3 Å². The van der Waals surface area contributed by atoms with Gasteiger partial charge in [-0.1, -0.05) is 19.9 Å². The molecule has 0 aliphatic heterocycles. The zero-order chi connectivity index (χ0) is 15.8. The minimum atomic E-state index is -0.531. The second-order valence-corrected chi connectivity index (χ2v) is 6.37. The summed E-state index contributed by atoms with van der Waals surface area (Å²) in [5.74, 6) is -0.556. The van der Waals surface area contributed by atoms with Crippen LogP contribution < -0.4 is 0 Å². The quantitative estimate of drug-likeness (QED) is 0.784. The normalized spacial score (nSPS) is 22.4. The highest BCUT2D eigenvalue weighted by molar-refractivity contribution is 6.03. The first-order valence-corrected chi connectivity index (χ1v) is 6.89. The molecule has 3 nitrogen and oxygen atoms in total. The van der Waals surface area contributed by atoms with Gasteiger partial charge in [0, 0.05) is 37.2 Å². The van der Waals surface area contributed by atoms with Crippen LogP contribution in [-0.4, -0.2) is 24.8 Å². The average molecular weight is 286 g/mol. The fourth-order valence-electron chi connectivity index (χ4n) is 2.82. The molecule has 4 heteroatoms. The van der Waals surface area contributed by atoms with Crippen molar-refractivity contribution in [2.45, 2.75) is 26.2 Å². The van der Waals surface area contributed by atoms with Crippen molar-refractivity contribution in [1.82, 2.24) is 4.90 Å². The van der Waals surface area contributed by atoms with Gasteiger partial charge in [-0.05, 0) is 24.1 Å². The van der Waals surface area contributed by atoms with E-state index in [1.54, 1.807) is 6.07 Å². The van der Waals surface area contributed by atoms with E-state index in [0.717, 1.165) is 5.56 Å². The third-order valence-electron chi connectivity index (χ3n) is 3.88. The molecule has 0 heterocycles. The first-order chi connectivity index (χ1) is 9.76. The monoisotopic (exact) mass is 286 g/mol. The van der Waals surface area contributed by atoms with Gasteiger partial charge in [0.15, 0.2) is 5.78 Å². The number of carbonyl (C=O) groups excluding carboxylic acids is 1. The second-order valence-electron chi connectivity index (χ2n) is 6.37. The number of allylic oxidation sites excluding steroid dienone is 1. The van der Waals surface area contributed by atoms with E-state index in [1.807, 2.05) is 45.1 Å². The van der Waals surface area contributed by atoms with Crippen molar-refractivity contribution in [3.8, 4) is 6.07 Å². The fourth-order valence-corrected chi connectivity index (χ4v) is 2.82. The number of rotatable bonds is 2. The zero-order valence-electron chi connectivity index (χ0n) is 12.8. The first-order valence-electron chi connectivity index (χ1n) is 6.89. The SMILES string of the molecule is CN(C)/C=C1\C(=O)C(C)(C)CC1c1ccc(C#N)c(F)c1. The van der Waals surface area contributed by atoms with Gasteiger partial charge in [-0.2, -0.15) is 5.26 Å². The number of benzene rings is 1. The van der Waals surface area contributed by atoms with E-state index < -0.39 is 11.2 Å². The Kier molecular flexibility index (Phi) is 3.87. The van der Waals surface area contributed by atoms with Gasteiger partial charge in [-0.15, -0.1) is 0 Å². The minimum absolute atomic E-state index is 0.0282. The summed E-state index contributed by atoms with van der Waals surface area (Å²) in [5.41, 5.74) is 1.03. The molecule has 0 aromatic heterocycles. The van der Waals surface area contributed by atoms with Gasteiger partial charge >= 0.3 is 0 Å². The molecule has 1 aliphatic carbocycles. The summed E-state index contributed by atoms with van der Waals surface area (Å²) in [4.78, 5) is 14.3. The number of carbonyl (C=O) groups is 1. The molecule has 0 bridgehead atoms. The van der Waals surface area contributed by atoms with Crippen LogP contribution in [-0.2, 0) is 4.79 Å². The summed E-state index contributed by atoms with van der Waals surface area (Å²) < 4.78 is 13.8. The van der Waals surface area contributed by atoms with E-state index in [4.69, 9.17) is 5.26 Å². The number of nitrogens with zero attached hydrogens (tertiary/aromatic N) is 2. The molecular formula is C17H19FN2O. The van der Waals surface area contributed by atoms with Crippen LogP contribution in [0.2, 0.25) is 0 Å². The third kappa shape index (κ3) is 2.82. The van der Waals surface area contributed by atoms with Crippen LogP contribution in [0, 0.1) is 22.6 Å². The van der Waals surface area contributed by atoms with Gasteiger partial charge in [-0.3, -0.25) is 4.79 Å². The molecule has 1 fully saturated rings. The topological polar surface area (TPSA) is 44.1 Å². The molecule has 1 atom stereocenters. The molecule has 0 radical (unpaired) electrons. The lowest BCUT2D eigenvalue weighted by molar-refractivity contribution is -0.121. The second kappa shape index (κ2) is 5.33. The number of ketones is 1. The van der Waals surface area contributed by atoms with E-state index in [0.29, 0.717) is 12.0 Å². The molecule has 1 aliphatic rings. The van der Waals surface area contributed by atoms with Crippen molar-refractivity contribution in [3.63, 3.8) is 0 Å². The van der Waals surface area contributed by atoms with Crippen molar-refractivity contribution in [1.29, 1.82) is 5.26 Å². The standard InChI is InChI=1S/C17H19FN2O/c1-17(2)8-13(14(16(17)21)10-20(3)4)11-5-6-12(9-19)15(18)7-11/h5-7,10,13H,8H2,1-4H3/b14-10-. The number of hydrogen-bond acceptors (Lipinski definition) is 3. The maximum absolute atomic E-state index is 13.8. The molecule has 0 amide bonds. The summed E-state index contributed by atoms with van der Waals surface area (Å²) in [6, 6.07) is 6.41. The van der Waals surface area contributed by atoms with Crippen LogP contribution in [0.15, 0.2) is 30.0 Å². The van der Waals surface area contributed by atoms with Crippen LogP contribution >= 0.6 is 0 Å². The highest BCUT2D eigenvalue weighted by atomic mass is 19.1. The van der Waals surface area contributed by atoms with E-state index in [2.05, 4.69) is 0 Å². The van der Waals surface area contributed by atoms with Gasteiger partial charge in [0.25, 0.3) is 0 Å². The lowest BCUT2D eigenvalue weighted by atomic mass is 9.88. The highest BCUT2D eigenvalue weighted by Crippen LogP contribution is 2.47. The Bertz CT molecular complexity index is 653. The molecule has 1 aromatic rings. The Labute approximate surface area is 124 Å². The zero-order valence-corrected chi connectivity index (χ0v) is 12.8. The molecule has 0 saturated heterocycles. The smallest absolute Gasteiger partial charge is 0.166 e. The summed E-state index contributed by atoms with van der Waals surface area (Å²) in [7, 11) is 3.73. The summed E-state index contributed by atoms with van der Waals surface area (Å²) >= 11 is 0. The van der Waals surface area contributed by atoms with Gasteiger partial charge in [0.1, 0.15) is 11.9 Å². The predicted octanol–water partition coefficient (Wildman–Crippen LogP) is 3.23. The molecule has 0 spiro atoms. The molecule has 110 valence electrons. The lowest BCUT2D eigenvalue weighted by Gasteiger charge is -2.15. The van der Waals surface area contributed by atoms with Crippen molar-refractivity contribution >= 4 is 5.78 Å². The summed E-state index contributed by atoms with van der Waals surface area (Å²) in [6.45, 7) is 3.83. The van der Waals surface area contributed by atoms with Crippen LogP contribution in [0.4, 0.5) is 4.39 Å². The van der Waals surface area contributed by atoms with Crippen LogP contribution in [0.1, 0.15) is 37.3 Å². The van der Waals surface area contributed by atoms with Gasteiger partial charge in [0.2, 0.25) is 0 Å². The van der Waals surface area contributed by atoms with Crippen LogP contribution in [0.5, 0.6) is 0 Å². The summed E-state index contributed by atoms with van der Waals surface area (Å²) in [5, 5.41) is 8.81. The number of nitriles is 1. The first kappa shape index (κ1) is 15.2. The molecule has 1 aromatic carbocycles. The average Bonchev–Trinajstić information content (AvgIpc) is 2.62. The van der Waals surface area contributed by atoms with Crippen LogP contribution in [0.25, 0.3) is 0 Å². The summed E-state index contributed by atoms with van der Waals surface area (Å²) in [6.07, 6.45) is 2.47. The van der Waals surface area contributed by atoms with E-state index in [9.17, 15) is 9.18 Å². The Balaban J connectivity index is 2.49. The maximum Gasteiger partial charge on any atom is 0.166 e. The number of halogens is 1. The third-order valence-corrected chi connectivity index (χ3v) is 3.88. The molecule has 1 unspecified atom stereocenters. The van der Waals surface area contributed by atoms with Crippen molar-refractivity contribution in [2.75, 3.05) is 14.1 Å². The molecule has 2 rings (SSSR count). The predicted molar refractivity (Wildman–Crippen MR) is 79.0 cm³/mol. The maximum atomic E-state index is 13.8. The van der Waals surface area contributed by atoms with Crippen LogP contribution in [0.3, 0.4) is 0 Å². The highest BCUT2D eigenvalue weighted by Gasteiger charge is 2.44. The Morgan fingerprint density at radius 3 is 2.62 bits per heavy atom. The van der Waals surface area contributed by atoms with Gasteiger partial charge in [-0.25, -0.2) is 4.39 Å². The Morgan fingerprint density at radius 1 is 1.43 bits per heavy atom. The van der Waals surface area contributed by atoms with Crippen molar-refractivity contribution in [3.05, 3.63) is 46.9 Å². The molecule has 21 heavy (non-hydrogen) atoms. The van der Waals surface area contributed by atoms with Crippen molar-refractivity contribution in [2.24, 2.45) is 5.41 Å².